The molecule has 1 unspecified atom stereocenters. The molecule has 0 aliphatic rings. The number of thiocarbonyl (C=S) groups is 1. The van der Waals surface area contributed by atoms with Gasteiger partial charge < -0.3 is 11.1 Å². The summed E-state index contributed by atoms with van der Waals surface area (Å²) in [5.41, 5.74) is 6.56. The van der Waals surface area contributed by atoms with Crippen LogP contribution in [0.15, 0.2) is 9.85 Å². The van der Waals surface area contributed by atoms with Crippen LogP contribution in [-0.4, -0.2) is 16.9 Å². The Morgan fingerprint density at radius 3 is 2.76 bits per heavy atom. The van der Waals surface area contributed by atoms with Crippen molar-refractivity contribution in [1.82, 2.24) is 5.32 Å². The maximum atomic E-state index is 12.0. The third kappa shape index (κ3) is 4.37. The van der Waals surface area contributed by atoms with Crippen molar-refractivity contribution in [3.63, 3.8) is 0 Å². The van der Waals surface area contributed by atoms with Gasteiger partial charge >= 0.3 is 0 Å². The Bertz CT molecular complexity index is 412. The number of amides is 1. The first kappa shape index (κ1) is 14.6. The molecule has 0 spiro atoms. The van der Waals surface area contributed by atoms with Crippen LogP contribution in [0.3, 0.4) is 0 Å². The van der Waals surface area contributed by atoms with E-state index in [2.05, 4.69) is 21.2 Å². The van der Waals surface area contributed by atoms with Gasteiger partial charge in [-0.1, -0.05) is 19.1 Å². The molecule has 0 bridgehead atoms. The number of nitrogens with two attached hydrogens (primary N) is 1. The topological polar surface area (TPSA) is 55.1 Å². The van der Waals surface area contributed by atoms with Crippen molar-refractivity contribution >= 4 is 50.4 Å². The van der Waals surface area contributed by atoms with E-state index in [4.69, 9.17) is 18.0 Å². The van der Waals surface area contributed by atoms with Crippen LogP contribution in [-0.2, 0) is 0 Å². The Labute approximate surface area is 119 Å². The lowest BCUT2D eigenvalue weighted by Gasteiger charge is -2.15. The smallest absolute Gasteiger partial charge is 0.261 e. The first-order valence-electron chi connectivity index (χ1n) is 5.29. The zero-order valence-electron chi connectivity index (χ0n) is 9.75. The molecule has 1 aromatic rings. The molecule has 94 valence electrons. The number of thiophene rings is 1. The number of hydrogen-bond acceptors (Lipinski definition) is 3. The molecule has 3 nitrogen and oxygen atoms in total. The van der Waals surface area contributed by atoms with E-state index in [0.29, 0.717) is 16.3 Å². The molecule has 1 rings (SSSR count). The van der Waals surface area contributed by atoms with E-state index >= 15 is 0 Å². The second-order valence-corrected chi connectivity index (χ2v) is 6.71. The third-order valence-corrected chi connectivity index (χ3v) is 4.66. The molecule has 3 N–H and O–H groups in total. The molecular weight excluding hydrogens is 320 g/mol. The summed E-state index contributed by atoms with van der Waals surface area (Å²) in [5, 5.41) is 2.94. The average Bonchev–Trinajstić information content (AvgIpc) is 2.57. The molecule has 1 heterocycles. The van der Waals surface area contributed by atoms with Gasteiger partial charge in [-0.05, 0) is 40.9 Å². The number of aryl methyl sites for hydroxylation is 1. The highest BCUT2D eigenvalue weighted by Crippen LogP contribution is 2.27. The Morgan fingerprint density at radius 1 is 1.71 bits per heavy atom. The highest BCUT2D eigenvalue weighted by atomic mass is 79.9. The van der Waals surface area contributed by atoms with Crippen LogP contribution in [0.2, 0.25) is 0 Å². The number of nitrogens with one attached hydrogen (secondary N) is 1. The standard InChI is InChI=1S/C11H15BrN2OS2/c1-3-7(5-9(13)16)14-11(15)8-4-6(2)10(12)17-8/h4,7H,3,5H2,1-2H3,(H2,13,16)(H,14,15). The summed E-state index contributed by atoms with van der Waals surface area (Å²) >= 11 is 9.69. The highest BCUT2D eigenvalue weighted by Gasteiger charge is 2.15. The molecule has 6 heteroatoms. The quantitative estimate of drug-likeness (QED) is 0.814. The minimum Gasteiger partial charge on any atom is -0.393 e. The molecule has 0 radical (unpaired) electrons. The van der Waals surface area contributed by atoms with Crippen LogP contribution in [0.5, 0.6) is 0 Å². The van der Waals surface area contributed by atoms with Crippen LogP contribution in [0.25, 0.3) is 0 Å². The second-order valence-electron chi connectivity index (χ2n) is 3.82. The fourth-order valence-electron chi connectivity index (χ4n) is 1.37. The predicted octanol–water partition coefficient (Wildman–Crippen LogP) is 3.00. The highest BCUT2D eigenvalue weighted by molar-refractivity contribution is 9.11. The van der Waals surface area contributed by atoms with Crippen LogP contribution >= 0.6 is 39.5 Å². The molecule has 0 aromatic carbocycles. The molecule has 1 amide bonds. The molecule has 0 fully saturated rings. The average molecular weight is 335 g/mol. The Kier molecular flexibility index (Phi) is 5.55. The predicted molar refractivity (Wildman–Crippen MR) is 79.7 cm³/mol. The van der Waals surface area contributed by atoms with Gasteiger partial charge in [0.1, 0.15) is 0 Å². The molecule has 0 saturated heterocycles. The van der Waals surface area contributed by atoms with Gasteiger partial charge in [-0.3, -0.25) is 4.79 Å². The Morgan fingerprint density at radius 2 is 2.35 bits per heavy atom. The summed E-state index contributed by atoms with van der Waals surface area (Å²) < 4.78 is 0.991. The molecule has 0 saturated carbocycles. The van der Waals surface area contributed by atoms with Crippen LogP contribution in [0.1, 0.15) is 35.0 Å². The summed E-state index contributed by atoms with van der Waals surface area (Å²) in [5.74, 6) is -0.0631. The van der Waals surface area contributed by atoms with E-state index in [0.717, 1.165) is 15.8 Å². The Balaban J connectivity index is 2.67. The lowest BCUT2D eigenvalue weighted by Crippen LogP contribution is -2.36. The van der Waals surface area contributed by atoms with E-state index in [1.54, 1.807) is 0 Å². The van der Waals surface area contributed by atoms with E-state index < -0.39 is 0 Å². The van der Waals surface area contributed by atoms with Gasteiger partial charge in [0.15, 0.2) is 0 Å². The minimum absolute atomic E-state index is 0.0150. The lowest BCUT2D eigenvalue weighted by molar-refractivity contribution is 0.0941. The first-order chi connectivity index (χ1) is 7.93. The van der Waals surface area contributed by atoms with Crippen molar-refractivity contribution in [2.24, 2.45) is 5.73 Å². The summed E-state index contributed by atoms with van der Waals surface area (Å²) in [6, 6.07) is 1.89. The molecule has 1 atom stereocenters. The summed E-state index contributed by atoms with van der Waals surface area (Å²) in [6.07, 6.45) is 1.36. The van der Waals surface area contributed by atoms with Crippen molar-refractivity contribution in [1.29, 1.82) is 0 Å². The van der Waals surface area contributed by atoms with E-state index in [1.165, 1.54) is 11.3 Å². The fourth-order valence-corrected chi connectivity index (χ4v) is 3.01. The van der Waals surface area contributed by atoms with E-state index in [-0.39, 0.29) is 11.9 Å². The van der Waals surface area contributed by atoms with E-state index in [1.807, 2.05) is 19.9 Å². The van der Waals surface area contributed by atoms with Gasteiger partial charge in [-0.25, -0.2) is 0 Å². The SMILES string of the molecule is CCC(CC(N)=S)NC(=O)c1cc(C)c(Br)s1. The lowest BCUT2D eigenvalue weighted by atomic mass is 10.1. The summed E-state index contributed by atoms with van der Waals surface area (Å²) in [4.78, 5) is 13.1. The number of rotatable bonds is 5. The van der Waals surface area contributed by atoms with Crippen LogP contribution in [0, 0.1) is 6.92 Å². The van der Waals surface area contributed by atoms with Crippen molar-refractivity contribution < 1.29 is 4.79 Å². The molecule has 0 aliphatic carbocycles. The van der Waals surface area contributed by atoms with Gasteiger partial charge in [0.05, 0.1) is 13.7 Å². The molecular formula is C11H15BrN2OS2. The Hall–Kier alpha value is -0.460. The van der Waals surface area contributed by atoms with E-state index in [9.17, 15) is 4.79 Å². The zero-order valence-corrected chi connectivity index (χ0v) is 13.0. The number of carbonyl (C=O) groups is 1. The largest absolute Gasteiger partial charge is 0.393 e. The second kappa shape index (κ2) is 6.47. The van der Waals surface area contributed by atoms with Crippen LogP contribution < -0.4 is 11.1 Å². The van der Waals surface area contributed by atoms with Gasteiger partial charge in [0, 0.05) is 12.5 Å². The minimum atomic E-state index is -0.0631. The maximum absolute atomic E-state index is 12.0. The fraction of sp³-hybridized carbons (Fsp3) is 0.455. The molecule has 0 aliphatic heterocycles. The van der Waals surface area contributed by atoms with Gasteiger partial charge in [0.25, 0.3) is 5.91 Å². The normalized spacial score (nSPS) is 12.2. The molecule has 17 heavy (non-hydrogen) atoms. The maximum Gasteiger partial charge on any atom is 0.261 e. The number of hydrogen-bond donors (Lipinski definition) is 2. The monoisotopic (exact) mass is 334 g/mol. The number of carbonyl (C=O) groups excluding carboxylic acids is 1. The van der Waals surface area contributed by atoms with Crippen molar-refractivity contribution in [2.75, 3.05) is 0 Å². The first-order valence-corrected chi connectivity index (χ1v) is 7.31. The summed E-state index contributed by atoms with van der Waals surface area (Å²) in [6.45, 7) is 3.96. The summed E-state index contributed by atoms with van der Waals surface area (Å²) in [7, 11) is 0. The zero-order chi connectivity index (χ0) is 13.0. The van der Waals surface area contributed by atoms with Gasteiger partial charge in [-0.15, -0.1) is 11.3 Å². The third-order valence-electron chi connectivity index (χ3n) is 2.36. The van der Waals surface area contributed by atoms with Crippen LogP contribution in [0.4, 0.5) is 0 Å². The van der Waals surface area contributed by atoms with Gasteiger partial charge in [0.2, 0.25) is 0 Å². The van der Waals surface area contributed by atoms with Crippen molar-refractivity contribution in [3.8, 4) is 0 Å². The van der Waals surface area contributed by atoms with Crippen molar-refractivity contribution in [2.45, 2.75) is 32.7 Å². The van der Waals surface area contributed by atoms with Gasteiger partial charge in [-0.2, -0.15) is 0 Å². The number of halogens is 1. The molecule has 1 aromatic heterocycles. The van der Waals surface area contributed by atoms with Crippen molar-refractivity contribution in [3.05, 3.63) is 20.3 Å².